The zero-order valence-electron chi connectivity index (χ0n) is 8.96. The molecular weight excluding hydrogens is 233 g/mol. The number of hydrogen-bond donors (Lipinski definition) is 0. The molecule has 0 aliphatic heterocycles. The van der Waals surface area contributed by atoms with Crippen molar-refractivity contribution in [2.45, 2.75) is 19.0 Å². The first-order chi connectivity index (χ1) is 7.90. The van der Waals surface area contributed by atoms with Gasteiger partial charge in [0.2, 0.25) is 0 Å². The monoisotopic (exact) mass is 244 g/mol. The molecule has 1 rings (SSSR count). The molecule has 0 atom stereocenters. The van der Waals surface area contributed by atoms with Crippen LogP contribution in [-0.4, -0.2) is 12.1 Å². The van der Waals surface area contributed by atoms with Gasteiger partial charge >= 0.3 is 12.1 Å². The van der Waals surface area contributed by atoms with E-state index >= 15 is 0 Å². The minimum Gasteiger partial charge on any atom is -0.427 e. The van der Waals surface area contributed by atoms with Gasteiger partial charge in [0, 0.05) is 0 Å². The number of carbonyl (C=O) groups is 1. The van der Waals surface area contributed by atoms with Crippen LogP contribution in [0.15, 0.2) is 30.8 Å². The molecule has 0 saturated carbocycles. The fraction of sp³-hybridized carbons (Fsp3) is 0.250. The molecule has 0 radical (unpaired) electrons. The lowest BCUT2D eigenvalue weighted by Gasteiger charge is -2.06. The number of ether oxygens (including phenoxy) is 1. The van der Waals surface area contributed by atoms with E-state index in [4.69, 9.17) is 4.74 Å². The third-order valence-electron chi connectivity index (χ3n) is 1.96. The smallest absolute Gasteiger partial charge is 0.389 e. The predicted octanol–water partition coefficient (Wildman–Crippen LogP) is 3.58. The summed E-state index contributed by atoms with van der Waals surface area (Å²) in [7, 11) is 0. The molecule has 0 N–H and O–H groups in total. The van der Waals surface area contributed by atoms with Crippen molar-refractivity contribution in [2.75, 3.05) is 0 Å². The first-order valence-corrected chi connectivity index (χ1v) is 4.90. The second kappa shape index (κ2) is 5.52. The molecule has 17 heavy (non-hydrogen) atoms. The van der Waals surface area contributed by atoms with Crippen molar-refractivity contribution >= 4 is 12.0 Å². The van der Waals surface area contributed by atoms with Gasteiger partial charge in [0.05, 0.1) is 12.8 Å². The molecule has 0 spiro atoms. The summed E-state index contributed by atoms with van der Waals surface area (Å²) < 4.78 is 40.2. The first kappa shape index (κ1) is 13.3. The summed E-state index contributed by atoms with van der Waals surface area (Å²) in [5.41, 5.74) is 0.833. The van der Waals surface area contributed by atoms with Crippen molar-refractivity contribution in [3.63, 3.8) is 0 Å². The molecule has 92 valence electrons. The molecule has 5 heteroatoms. The molecule has 0 fully saturated rings. The number of carbonyl (C=O) groups excluding carboxylic acids is 1. The number of halogens is 3. The van der Waals surface area contributed by atoms with E-state index in [2.05, 4.69) is 6.58 Å². The van der Waals surface area contributed by atoms with Crippen molar-refractivity contribution in [1.82, 2.24) is 0 Å². The van der Waals surface area contributed by atoms with Crippen LogP contribution in [0.1, 0.15) is 18.4 Å². The number of benzene rings is 1. The highest BCUT2D eigenvalue weighted by molar-refractivity contribution is 5.72. The van der Waals surface area contributed by atoms with Crippen LogP contribution in [0.3, 0.4) is 0 Å². The zero-order valence-corrected chi connectivity index (χ0v) is 8.96. The second-order valence-corrected chi connectivity index (χ2v) is 3.36. The maximum Gasteiger partial charge on any atom is 0.389 e. The van der Waals surface area contributed by atoms with Crippen LogP contribution in [0.25, 0.3) is 6.08 Å². The normalized spacial score (nSPS) is 11.0. The van der Waals surface area contributed by atoms with E-state index in [0.29, 0.717) is 0 Å². The molecular formula is C12H11F3O2. The number of esters is 1. The van der Waals surface area contributed by atoms with Crippen molar-refractivity contribution < 1.29 is 22.7 Å². The van der Waals surface area contributed by atoms with E-state index in [9.17, 15) is 18.0 Å². The van der Waals surface area contributed by atoms with Gasteiger partial charge in [0.25, 0.3) is 0 Å². The molecule has 0 aliphatic carbocycles. The lowest BCUT2D eigenvalue weighted by Crippen LogP contribution is -2.14. The molecule has 1 aromatic carbocycles. The predicted molar refractivity (Wildman–Crippen MR) is 57.5 cm³/mol. The van der Waals surface area contributed by atoms with Crippen molar-refractivity contribution in [1.29, 1.82) is 0 Å². The lowest BCUT2D eigenvalue weighted by atomic mass is 10.2. The highest BCUT2D eigenvalue weighted by atomic mass is 19.4. The summed E-state index contributed by atoms with van der Waals surface area (Å²) in [5.74, 6) is -0.670. The van der Waals surface area contributed by atoms with E-state index in [1.54, 1.807) is 18.2 Å². The van der Waals surface area contributed by atoms with Gasteiger partial charge in [0.15, 0.2) is 0 Å². The van der Waals surface area contributed by atoms with Crippen molar-refractivity contribution in [2.24, 2.45) is 0 Å². The molecule has 0 aliphatic rings. The van der Waals surface area contributed by atoms with Crippen LogP contribution in [0, 0.1) is 0 Å². The van der Waals surface area contributed by atoms with Gasteiger partial charge in [-0.05, 0) is 17.7 Å². The highest BCUT2D eigenvalue weighted by Gasteiger charge is 2.28. The molecule has 1 aromatic rings. The van der Waals surface area contributed by atoms with Crippen LogP contribution in [-0.2, 0) is 4.79 Å². The van der Waals surface area contributed by atoms with E-state index in [0.717, 1.165) is 5.56 Å². The fourth-order valence-corrected chi connectivity index (χ4v) is 1.10. The highest BCUT2D eigenvalue weighted by Crippen LogP contribution is 2.22. The van der Waals surface area contributed by atoms with Gasteiger partial charge in [-0.15, -0.1) is 0 Å². The zero-order chi connectivity index (χ0) is 12.9. The van der Waals surface area contributed by atoms with Crippen molar-refractivity contribution in [3.05, 3.63) is 36.4 Å². The minimum absolute atomic E-state index is 0.225. The Morgan fingerprint density at radius 3 is 2.35 bits per heavy atom. The van der Waals surface area contributed by atoms with Crippen LogP contribution >= 0.6 is 0 Å². The Labute approximate surface area is 96.7 Å². The standard InChI is InChI=1S/C12H11F3O2/c1-2-9-3-5-10(6-4-9)17-11(16)7-8-12(13,14)15/h2-6H,1,7-8H2. The quantitative estimate of drug-likeness (QED) is 0.597. The first-order valence-electron chi connectivity index (χ1n) is 4.90. The SMILES string of the molecule is C=Cc1ccc(OC(=O)CCC(F)(F)F)cc1. The minimum atomic E-state index is -4.34. The van der Waals surface area contributed by atoms with E-state index in [-0.39, 0.29) is 5.75 Å². The number of rotatable bonds is 4. The third kappa shape index (κ3) is 5.19. The Hall–Kier alpha value is -1.78. The molecule has 0 aromatic heterocycles. The average Bonchev–Trinajstić information content (AvgIpc) is 2.27. The van der Waals surface area contributed by atoms with E-state index in [1.807, 2.05) is 0 Å². The topological polar surface area (TPSA) is 26.3 Å². The Morgan fingerprint density at radius 2 is 1.88 bits per heavy atom. The van der Waals surface area contributed by atoms with Crippen LogP contribution in [0.4, 0.5) is 13.2 Å². The molecule has 0 saturated heterocycles. The van der Waals surface area contributed by atoms with Crippen LogP contribution in [0.2, 0.25) is 0 Å². The summed E-state index contributed by atoms with van der Waals surface area (Å²) in [6.07, 6.45) is -4.58. The second-order valence-electron chi connectivity index (χ2n) is 3.36. The third-order valence-corrected chi connectivity index (χ3v) is 1.96. The van der Waals surface area contributed by atoms with Gasteiger partial charge in [0.1, 0.15) is 5.75 Å². The van der Waals surface area contributed by atoms with E-state index < -0.39 is 25.0 Å². The summed E-state index contributed by atoms with van der Waals surface area (Å²) in [4.78, 5) is 11.1. The molecule has 0 amide bonds. The average molecular weight is 244 g/mol. The summed E-state index contributed by atoms with van der Waals surface area (Å²) in [6, 6.07) is 6.31. The number of hydrogen-bond acceptors (Lipinski definition) is 2. The largest absolute Gasteiger partial charge is 0.427 e. The van der Waals surface area contributed by atoms with E-state index in [1.165, 1.54) is 12.1 Å². The molecule has 0 bridgehead atoms. The van der Waals surface area contributed by atoms with Crippen LogP contribution < -0.4 is 4.74 Å². The van der Waals surface area contributed by atoms with Gasteiger partial charge < -0.3 is 4.74 Å². The Bertz CT molecular complexity index is 393. The summed E-state index contributed by atoms with van der Waals surface area (Å²) in [5, 5.41) is 0. The maximum absolute atomic E-state index is 11.8. The van der Waals surface area contributed by atoms with Gasteiger partial charge in [-0.25, -0.2) is 0 Å². The van der Waals surface area contributed by atoms with Gasteiger partial charge in [-0.3, -0.25) is 4.79 Å². The number of alkyl halides is 3. The summed E-state index contributed by atoms with van der Waals surface area (Å²) >= 11 is 0. The Morgan fingerprint density at radius 1 is 1.29 bits per heavy atom. The van der Waals surface area contributed by atoms with Crippen LogP contribution in [0.5, 0.6) is 5.75 Å². The Kier molecular flexibility index (Phi) is 4.31. The fourth-order valence-electron chi connectivity index (χ4n) is 1.10. The molecule has 2 nitrogen and oxygen atoms in total. The Balaban J connectivity index is 2.47. The van der Waals surface area contributed by atoms with Gasteiger partial charge in [-0.1, -0.05) is 24.8 Å². The van der Waals surface area contributed by atoms with Crippen molar-refractivity contribution in [3.8, 4) is 5.75 Å². The van der Waals surface area contributed by atoms with Gasteiger partial charge in [-0.2, -0.15) is 13.2 Å². The maximum atomic E-state index is 11.8. The summed E-state index contributed by atoms with van der Waals surface area (Å²) in [6.45, 7) is 3.55. The molecule has 0 heterocycles. The lowest BCUT2D eigenvalue weighted by molar-refractivity contribution is -0.151. The molecule has 0 unspecified atom stereocenters.